The summed E-state index contributed by atoms with van der Waals surface area (Å²) in [6.07, 6.45) is 0. The van der Waals surface area contributed by atoms with Crippen molar-refractivity contribution in [2.75, 3.05) is 19.8 Å². The molecule has 1 aromatic rings. The molecule has 0 aliphatic heterocycles. The van der Waals surface area contributed by atoms with Crippen molar-refractivity contribution >= 4 is 29.1 Å². The maximum Gasteiger partial charge on any atom is 0.287 e. The summed E-state index contributed by atoms with van der Waals surface area (Å²) in [5.74, 6) is -0.259. The lowest BCUT2D eigenvalue weighted by molar-refractivity contribution is 0.0913. The van der Waals surface area contributed by atoms with Gasteiger partial charge in [0.05, 0.1) is 6.61 Å². The molecule has 0 bridgehead atoms. The molecule has 0 spiro atoms. The van der Waals surface area contributed by atoms with E-state index >= 15 is 0 Å². The minimum absolute atomic E-state index is 0.0895. The Balaban J connectivity index is 2.40. The van der Waals surface area contributed by atoms with Crippen LogP contribution in [0.1, 0.15) is 17.5 Å². The second kappa shape index (κ2) is 5.95. The molecule has 2 N–H and O–H groups in total. The van der Waals surface area contributed by atoms with Gasteiger partial charge in [-0.05, 0) is 6.92 Å². The monoisotopic (exact) mass is 251 g/mol. The molecule has 0 fully saturated rings. The summed E-state index contributed by atoms with van der Waals surface area (Å²) in [6.45, 7) is 3.38. The Morgan fingerprint density at radius 3 is 2.87 bits per heavy atom. The molecular weight excluding hydrogens is 241 g/mol. The smallest absolute Gasteiger partial charge is 0.287 e. The van der Waals surface area contributed by atoms with E-state index < -0.39 is 0 Å². The summed E-state index contributed by atoms with van der Waals surface area (Å²) in [5, 5.41) is 2.85. The van der Waals surface area contributed by atoms with E-state index in [1.165, 1.54) is 0 Å². The first-order valence-electron chi connectivity index (χ1n) is 4.42. The summed E-state index contributed by atoms with van der Waals surface area (Å²) in [4.78, 5) is 17.7. The molecule has 0 aliphatic carbocycles. The van der Waals surface area contributed by atoms with Gasteiger partial charge in [0.1, 0.15) is 5.15 Å². The van der Waals surface area contributed by atoms with E-state index in [4.69, 9.17) is 27.9 Å². The lowest BCUT2D eigenvalue weighted by Gasteiger charge is -2.02. The number of hydrogen-bond donors (Lipinski definition) is 2. The van der Waals surface area contributed by atoms with Gasteiger partial charge in [0.2, 0.25) is 0 Å². The molecule has 1 aromatic heterocycles. The molecule has 5 nitrogen and oxygen atoms in total. The van der Waals surface area contributed by atoms with Crippen molar-refractivity contribution in [3.63, 3.8) is 0 Å². The van der Waals surface area contributed by atoms with Gasteiger partial charge >= 0.3 is 0 Å². The Hall–Kier alpha value is -0.780. The van der Waals surface area contributed by atoms with E-state index in [2.05, 4.69) is 15.3 Å². The fourth-order valence-corrected chi connectivity index (χ4v) is 1.17. The van der Waals surface area contributed by atoms with E-state index in [1.54, 1.807) is 0 Å². The topological polar surface area (TPSA) is 67.0 Å². The highest BCUT2D eigenvalue weighted by Gasteiger charge is 2.12. The minimum atomic E-state index is -0.358. The van der Waals surface area contributed by atoms with E-state index in [1.807, 2.05) is 6.92 Å². The van der Waals surface area contributed by atoms with Gasteiger partial charge in [0, 0.05) is 13.2 Å². The molecule has 0 unspecified atom stereocenters. The normalized spacial score (nSPS) is 10.3. The van der Waals surface area contributed by atoms with Crippen molar-refractivity contribution in [2.24, 2.45) is 0 Å². The minimum Gasteiger partial charge on any atom is -0.380 e. The van der Waals surface area contributed by atoms with E-state index in [0.29, 0.717) is 19.8 Å². The van der Waals surface area contributed by atoms with Crippen molar-refractivity contribution in [2.45, 2.75) is 6.92 Å². The standard InChI is InChI=1S/C8H11Cl2N3O2/c1-2-15-4-3-11-8(14)7-12-5(9)6(10)13-7/h2-4H2,1H3,(H,11,14)(H,12,13). The van der Waals surface area contributed by atoms with Gasteiger partial charge in [0.25, 0.3) is 5.91 Å². The SMILES string of the molecule is CCOCCNC(=O)c1nc(Cl)c(Cl)[nH]1. The number of halogens is 2. The van der Waals surface area contributed by atoms with Crippen LogP contribution in [0.25, 0.3) is 0 Å². The van der Waals surface area contributed by atoms with E-state index in [9.17, 15) is 4.79 Å². The summed E-state index contributed by atoms with van der Waals surface area (Å²) in [6, 6.07) is 0. The lowest BCUT2D eigenvalue weighted by atomic mass is 10.5. The second-order valence-electron chi connectivity index (χ2n) is 2.64. The summed E-state index contributed by atoms with van der Waals surface area (Å²) >= 11 is 11.2. The second-order valence-corrected chi connectivity index (χ2v) is 3.38. The quantitative estimate of drug-likeness (QED) is 0.780. The Morgan fingerprint density at radius 2 is 2.33 bits per heavy atom. The molecule has 0 saturated heterocycles. The third-order valence-electron chi connectivity index (χ3n) is 1.57. The lowest BCUT2D eigenvalue weighted by Crippen LogP contribution is -2.28. The largest absolute Gasteiger partial charge is 0.380 e. The van der Waals surface area contributed by atoms with Crippen LogP contribution in [-0.2, 0) is 4.74 Å². The third-order valence-corrected chi connectivity index (χ3v) is 2.21. The molecule has 0 aliphatic rings. The number of carbonyl (C=O) groups excluding carboxylic acids is 1. The summed E-state index contributed by atoms with van der Waals surface area (Å²) < 4.78 is 5.05. The van der Waals surface area contributed by atoms with Crippen molar-refractivity contribution < 1.29 is 9.53 Å². The number of carbonyl (C=O) groups is 1. The number of imidazole rings is 1. The molecule has 0 atom stereocenters. The average molecular weight is 252 g/mol. The molecular formula is C8H11Cl2N3O2. The number of rotatable bonds is 5. The highest BCUT2D eigenvalue weighted by molar-refractivity contribution is 6.40. The molecule has 0 radical (unpaired) electrons. The van der Waals surface area contributed by atoms with Gasteiger partial charge < -0.3 is 15.0 Å². The molecule has 1 heterocycles. The Morgan fingerprint density at radius 1 is 1.60 bits per heavy atom. The summed E-state index contributed by atoms with van der Waals surface area (Å²) in [7, 11) is 0. The van der Waals surface area contributed by atoms with Crippen LogP contribution >= 0.6 is 23.2 Å². The number of nitrogens with zero attached hydrogens (tertiary/aromatic N) is 1. The number of amides is 1. The van der Waals surface area contributed by atoms with Gasteiger partial charge in [-0.3, -0.25) is 4.79 Å². The number of aromatic nitrogens is 2. The molecule has 0 aromatic carbocycles. The van der Waals surface area contributed by atoms with E-state index in [0.717, 1.165) is 0 Å². The van der Waals surface area contributed by atoms with Crippen LogP contribution in [0.15, 0.2) is 0 Å². The third kappa shape index (κ3) is 3.70. The predicted octanol–water partition coefficient (Wildman–Crippen LogP) is 1.48. The van der Waals surface area contributed by atoms with Gasteiger partial charge in [-0.1, -0.05) is 23.2 Å². The zero-order chi connectivity index (χ0) is 11.3. The van der Waals surface area contributed by atoms with Crippen LogP contribution < -0.4 is 5.32 Å². The fraction of sp³-hybridized carbons (Fsp3) is 0.500. The molecule has 1 rings (SSSR count). The predicted molar refractivity (Wildman–Crippen MR) is 57.4 cm³/mol. The first kappa shape index (κ1) is 12.3. The number of nitrogens with one attached hydrogen (secondary N) is 2. The van der Waals surface area contributed by atoms with Crippen molar-refractivity contribution in [1.82, 2.24) is 15.3 Å². The fourth-order valence-electron chi connectivity index (χ4n) is 0.903. The zero-order valence-corrected chi connectivity index (χ0v) is 9.65. The number of ether oxygens (including phenoxy) is 1. The van der Waals surface area contributed by atoms with Crippen LogP contribution in [0, 0.1) is 0 Å². The van der Waals surface area contributed by atoms with Crippen LogP contribution in [0.3, 0.4) is 0 Å². The van der Waals surface area contributed by atoms with Gasteiger partial charge in [-0.2, -0.15) is 0 Å². The first-order valence-corrected chi connectivity index (χ1v) is 5.17. The Kier molecular flexibility index (Phi) is 4.87. The van der Waals surface area contributed by atoms with Crippen LogP contribution in [-0.4, -0.2) is 35.6 Å². The molecule has 84 valence electrons. The molecule has 7 heteroatoms. The molecule has 0 saturated carbocycles. The van der Waals surface area contributed by atoms with Crippen LogP contribution in [0.5, 0.6) is 0 Å². The Labute approximate surface area is 97.1 Å². The zero-order valence-electron chi connectivity index (χ0n) is 8.14. The van der Waals surface area contributed by atoms with E-state index in [-0.39, 0.29) is 22.0 Å². The number of H-pyrrole nitrogens is 1. The number of hydrogen-bond acceptors (Lipinski definition) is 3. The molecule has 1 amide bonds. The first-order chi connectivity index (χ1) is 7.15. The van der Waals surface area contributed by atoms with Crippen molar-refractivity contribution in [3.05, 3.63) is 16.1 Å². The van der Waals surface area contributed by atoms with Crippen LogP contribution in [0.2, 0.25) is 10.3 Å². The van der Waals surface area contributed by atoms with Gasteiger partial charge in [0.15, 0.2) is 11.0 Å². The van der Waals surface area contributed by atoms with Gasteiger partial charge in [-0.25, -0.2) is 4.98 Å². The highest BCUT2D eigenvalue weighted by Crippen LogP contribution is 2.17. The van der Waals surface area contributed by atoms with Crippen LogP contribution in [0.4, 0.5) is 0 Å². The maximum absolute atomic E-state index is 11.4. The maximum atomic E-state index is 11.4. The molecule has 15 heavy (non-hydrogen) atoms. The van der Waals surface area contributed by atoms with Crippen molar-refractivity contribution in [3.8, 4) is 0 Å². The summed E-state index contributed by atoms with van der Waals surface area (Å²) in [5.41, 5.74) is 0. The number of aromatic amines is 1. The van der Waals surface area contributed by atoms with Gasteiger partial charge in [-0.15, -0.1) is 0 Å². The Bertz CT molecular complexity index is 321. The van der Waals surface area contributed by atoms with Crippen molar-refractivity contribution in [1.29, 1.82) is 0 Å². The average Bonchev–Trinajstić information content (AvgIpc) is 2.54. The highest BCUT2D eigenvalue weighted by atomic mass is 35.5.